The average molecular weight is 306 g/mol. The lowest BCUT2D eigenvalue weighted by Gasteiger charge is -2.12. The first-order valence-corrected chi connectivity index (χ1v) is 7.55. The topological polar surface area (TPSA) is 12.0 Å². The summed E-state index contributed by atoms with van der Waals surface area (Å²) in [7, 11) is 0. The highest BCUT2D eigenvalue weighted by molar-refractivity contribution is 6.31. The van der Waals surface area contributed by atoms with Crippen LogP contribution in [0.4, 0.5) is 4.39 Å². The Hall–Kier alpha value is -1.38. The number of rotatable bonds is 4. The van der Waals surface area contributed by atoms with E-state index < -0.39 is 0 Å². The van der Waals surface area contributed by atoms with Crippen LogP contribution in [0.15, 0.2) is 30.3 Å². The highest BCUT2D eigenvalue weighted by Crippen LogP contribution is 2.30. The predicted molar refractivity (Wildman–Crippen MR) is 88.3 cm³/mol. The number of aryl methyl sites for hydroxylation is 2. The van der Waals surface area contributed by atoms with Crippen LogP contribution in [0.5, 0.6) is 0 Å². The fraction of sp³-hybridized carbons (Fsp3) is 0.333. The lowest BCUT2D eigenvalue weighted by molar-refractivity contribution is 0.582. The number of halogens is 2. The van der Waals surface area contributed by atoms with E-state index in [1.54, 1.807) is 6.07 Å². The van der Waals surface area contributed by atoms with Crippen LogP contribution in [0.2, 0.25) is 5.02 Å². The summed E-state index contributed by atoms with van der Waals surface area (Å²) in [5, 5.41) is 4.01. The molecule has 0 spiro atoms. The fourth-order valence-electron chi connectivity index (χ4n) is 2.28. The lowest BCUT2D eigenvalue weighted by Crippen LogP contribution is -2.21. The van der Waals surface area contributed by atoms with E-state index in [9.17, 15) is 4.39 Å². The Kier molecular flexibility index (Phi) is 5.02. The minimum Gasteiger partial charge on any atom is -0.310 e. The standard InChI is InChI=1S/C18H21ClFN/c1-11(2)21-10-14-5-6-15(18(20)9-14)16-7-13(4)17(19)8-12(16)3/h5-9,11,21H,10H2,1-4H3. The number of hydrogen-bond donors (Lipinski definition) is 1. The molecule has 0 saturated carbocycles. The third kappa shape index (κ3) is 3.84. The molecule has 0 saturated heterocycles. The molecule has 0 bridgehead atoms. The van der Waals surface area contributed by atoms with Crippen molar-refractivity contribution in [2.45, 2.75) is 40.3 Å². The van der Waals surface area contributed by atoms with Crippen LogP contribution in [-0.2, 0) is 6.54 Å². The number of benzene rings is 2. The Morgan fingerprint density at radius 1 is 1.05 bits per heavy atom. The Bertz CT molecular complexity index is 650. The van der Waals surface area contributed by atoms with Gasteiger partial charge in [-0.15, -0.1) is 0 Å². The largest absolute Gasteiger partial charge is 0.310 e. The molecule has 0 aliphatic carbocycles. The van der Waals surface area contributed by atoms with E-state index in [4.69, 9.17) is 11.6 Å². The molecule has 1 N–H and O–H groups in total. The summed E-state index contributed by atoms with van der Waals surface area (Å²) >= 11 is 6.11. The molecule has 2 aromatic carbocycles. The van der Waals surface area contributed by atoms with Gasteiger partial charge in [0.15, 0.2) is 0 Å². The van der Waals surface area contributed by atoms with Gasteiger partial charge in [0.2, 0.25) is 0 Å². The molecule has 3 heteroatoms. The summed E-state index contributed by atoms with van der Waals surface area (Å²) in [6.45, 7) is 8.71. The van der Waals surface area contributed by atoms with Gasteiger partial charge in [0.05, 0.1) is 0 Å². The van der Waals surface area contributed by atoms with Gasteiger partial charge in [-0.3, -0.25) is 0 Å². The van der Waals surface area contributed by atoms with E-state index >= 15 is 0 Å². The van der Waals surface area contributed by atoms with Gasteiger partial charge in [0.25, 0.3) is 0 Å². The van der Waals surface area contributed by atoms with Gasteiger partial charge in [0, 0.05) is 23.2 Å². The third-order valence-electron chi connectivity index (χ3n) is 3.54. The molecule has 112 valence electrons. The molecule has 0 atom stereocenters. The van der Waals surface area contributed by atoms with Crippen molar-refractivity contribution in [3.63, 3.8) is 0 Å². The van der Waals surface area contributed by atoms with Crippen molar-refractivity contribution in [2.24, 2.45) is 0 Å². The summed E-state index contributed by atoms with van der Waals surface area (Å²) in [5.74, 6) is -0.192. The first-order valence-electron chi connectivity index (χ1n) is 7.17. The zero-order valence-electron chi connectivity index (χ0n) is 12.9. The van der Waals surface area contributed by atoms with E-state index in [0.29, 0.717) is 18.2 Å². The van der Waals surface area contributed by atoms with Crippen molar-refractivity contribution in [3.05, 3.63) is 57.9 Å². The third-order valence-corrected chi connectivity index (χ3v) is 3.95. The predicted octanol–water partition coefficient (Wildman–Crippen LogP) is 5.26. The van der Waals surface area contributed by atoms with Crippen LogP contribution in [0.25, 0.3) is 11.1 Å². The molecule has 0 radical (unpaired) electrons. The van der Waals surface area contributed by atoms with Crippen LogP contribution in [0.3, 0.4) is 0 Å². The Morgan fingerprint density at radius 2 is 1.76 bits per heavy atom. The molecular weight excluding hydrogens is 285 g/mol. The Balaban J connectivity index is 2.35. The molecule has 2 rings (SSSR count). The van der Waals surface area contributed by atoms with E-state index in [-0.39, 0.29) is 5.82 Å². The maximum atomic E-state index is 14.4. The summed E-state index contributed by atoms with van der Waals surface area (Å²) in [5.41, 5.74) is 4.42. The SMILES string of the molecule is Cc1cc(-c2ccc(CNC(C)C)cc2F)c(C)cc1Cl. The molecule has 21 heavy (non-hydrogen) atoms. The Labute approximate surface area is 131 Å². The van der Waals surface area contributed by atoms with Crippen molar-refractivity contribution in [1.29, 1.82) is 0 Å². The first kappa shape index (κ1) is 16.0. The van der Waals surface area contributed by atoms with Gasteiger partial charge in [-0.25, -0.2) is 4.39 Å². The molecule has 0 fully saturated rings. The zero-order valence-corrected chi connectivity index (χ0v) is 13.7. The zero-order chi connectivity index (χ0) is 15.6. The van der Waals surface area contributed by atoms with Gasteiger partial charge in [0.1, 0.15) is 5.82 Å². The molecule has 0 aliphatic rings. The normalized spacial score (nSPS) is 11.2. The molecule has 2 aromatic rings. The van der Waals surface area contributed by atoms with E-state index in [2.05, 4.69) is 19.2 Å². The Morgan fingerprint density at radius 3 is 2.38 bits per heavy atom. The van der Waals surface area contributed by atoms with E-state index in [1.807, 2.05) is 38.1 Å². The van der Waals surface area contributed by atoms with Gasteiger partial charge >= 0.3 is 0 Å². The van der Waals surface area contributed by atoms with Gasteiger partial charge in [-0.05, 0) is 54.3 Å². The van der Waals surface area contributed by atoms with Gasteiger partial charge in [-0.1, -0.05) is 37.6 Å². The second kappa shape index (κ2) is 6.59. The van der Waals surface area contributed by atoms with Crippen LogP contribution in [0, 0.1) is 19.7 Å². The van der Waals surface area contributed by atoms with Crippen molar-refractivity contribution >= 4 is 11.6 Å². The minimum atomic E-state index is -0.192. The smallest absolute Gasteiger partial charge is 0.131 e. The number of hydrogen-bond acceptors (Lipinski definition) is 1. The first-order chi connectivity index (χ1) is 9.88. The van der Waals surface area contributed by atoms with Crippen LogP contribution >= 0.6 is 11.6 Å². The maximum Gasteiger partial charge on any atom is 0.131 e. The highest BCUT2D eigenvalue weighted by atomic mass is 35.5. The summed E-state index contributed by atoms with van der Waals surface area (Å²) < 4.78 is 14.4. The van der Waals surface area contributed by atoms with Gasteiger partial charge < -0.3 is 5.32 Å². The minimum absolute atomic E-state index is 0.192. The molecule has 0 unspecified atom stereocenters. The van der Waals surface area contributed by atoms with Crippen molar-refractivity contribution < 1.29 is 4.39 Å². The average Bonchev–Trinajstić information content (AvgIpc) is 2.41. The summed E-state index contributed by atoms with van der Waals surface area (Å²) in [6.07, 6.45) is 0. The van der Waals surface area contributed by atoms with Crippen molar-refractivity contribution in [2.75, 3.05) is 0 Å². The van der Waals surface area contributed by atoms with Crippen molar-refractivity contribution in [1.82, 2.24) is 5.32 Å². The molecule has 0 aromatic heterocycles. The summed E-state index contributed by atoms with van der Waals surface area (Å²) in [4.78, 5) is 0. The maximum absolute atomic E-state index is 14.4. The van der Waals surface area contributed by atoms with Crippen LogP contribution < -0.4 is 5.32 Å². The fourth-order valence-corrected chi connectivity index (χ4v) is 2.50. The van der Waals surface area contributed by atoms with Crippen molar-refractivity contribution in [3.8, 4) is 11.1 Å². The molecule has 0 heterocycles. The van der Waals surface area contributed by atoms with Crippen LogP contribution in [-0.4, -0.2) is 6.04 Å². The van der Waals surface area contributed by atoms with E-state index in [1.165, 1.54) is 0 Å². The molecular formula is C18H21ClFN. The quantitative estimate of drug-likeness (QED) is 0.812. The molecule has 0 amide bonds. The second-order valence-corrected chi connectivity index (χ2v) is 6.17. The highest BCUT2D eigenvalue weighted by Gasteiger charge is 2.11. The molecule has 0 aliphatic heterocycles. The van der Waals surface area contributed by atoms with Crippen LogP contribution in [0.1, 0.15) is 30.5 Å². The van der Waals surface area contributed by atoms with Gasteiger partial charge in [-0.2, -0.15) is 0 Å². The van der Waals surface area contributed by atoms with E-state index in [0.717, 1.165) is 27.3 Å². The second-order valence-electron chi connectivity index (χ2n) is 5.77. The molecule has 1 nitrogen and oxygen atoms in total. The number of nitrogens with one attached hydrogen (secondary N) is 1. The monoisotopic (exact) mass is 305 g/mol. The summed E-state index contributed by atoms with van der Waals surface area (Å²) in [6, 6.07) is 9.64. The lowest BCUT2D eigenvalue weighted by atomic mass is 9.97.